The van der Waals surface area contributed by atoms with Crippen molar-refractivity contribution in [1.82, 2.24) is 5.32 Å². The maximum absolute atomic E-state index is 12.4. The van der Waals surface area contributed by atoms with Crippen LogP contribution in [0.25, 0.3) is 0 Å². The van der Waals surface area contributed by atoms with Gasteiger partial charge < -0.3 is 25.0 Å². The summed E-state index contributed by atoms with van der Waals surface area (Å²) in [6, 6.07) is 14.1. The van der Waals surface area contributed by atoms with E-state index in [-0.39, 0.29) is 37.2 Å². The molecule has 0 aromatic heterocycles. The van der Waals surface area contributed by atoms with E-state index < -0.39 is 5.92 Å². The molecule has 3 amide bonds. The van der Waals surface area contributed by atoms with Gasteiger partial charge in [-0.2, -0.15) is 0 Å². The number of nitrogens with zero attached hydrogens (tertiary/aromatic N) is 1. The van der Waals surface area contributed by atoms with Crippen LogP contribution in [0.4, 0.5) is 11.4 Å². The molecule has 3 rings (SSSR count). The summed E-state index contributed by atoms with van der Waals surface area (Å²) < 4.78 is 10.5. The SMILES string of the molecule is CCOc1ccc(NC(=O)CNC(=O)C2CC(=O)N(c3ccc(OC)cc3)C2)cc1. The average molecular weight is 411 g/mol. The van der Waals surface area contributed by atoms with E-state index in [1.807, 2.05) is 6.92 Å². The largest absolute Gasteiger partial charge is 0.497 e. The van der Waals surface area contributed by atoms with Crippen molar-refractivity contribution < 1.29 is 23.9 Å². The molecule has 0 aliphatic carbocycles. The molecule has 158 valence electrons. The molecule has 1 heterocycles. The smallest absolute Gasteiger partial charge is 0.243 e. The summed E-state index contributed by atoms with van der Waals surface area (Å²) >= 11 is 0. The van der Waals surface area contributed by atoms with Gasteiger partial charge >= 0.3 is 0 Å². The number of methoxy groups -OCH3 is 1. The number of benzene rings is 2. The van der Waals surface area contributed by atoms with E-state index in [0.717, 1.165) is 5.75 Å². The number of ether oxygens (including phenoxy) is 2. The lowest BCUT2D eigenvalue weighted by molar-refractivity contribution is -0.127. The number of hydrogen-bond acceptors (Lipinski definition) is 5. The molecule has 0 radical (unpaired) electrons. The number of amides is 3. The molecule has 1 saturated heterocycles. The molecule has 8 nitrogen and oxygen atoms in total. The first-order valence-corrected chi connectivity index (χ1v) is 9.75. The van der Waals surface area contributed by atoms with Gasteiger partial charge in [-0.3, -0.25) is 14.4 Å². The molecule has 1 unspecified atom stereocenters. The molecule has 0 bridgehead atoms. The highest BCUT2D eigenvalue weighted by atomic mass is 16.5. The predicted molar refractivity (Wildman–Crippen MR) is 113 cm³/mol. The first-order chi connectivity index (χ1) is 14.5. The van der Waals surface area contributed by atoms with Crippen molar-refractivity contribution in [1.29, 1.82) is 0 Å². The molecular weight excluding hydrogens is 386 g/mol. The summed E-state index contributed by atoms with van der Waals surface area (Å²) in [5.74, 6) is 0.122. The Hall–Kier alpha value is -3.55. The fraction of sp³-hybridized carbons (Fsp3) is 0.318. The van der Waals surface area contributed by atoms with E-state index in [1.54, 1.807) is 60.5 Å². The van der Waals surface area contributed by atoms with Crippen LogP contribution >= 0.6 is 0 Å². The number of nitrogens with one attached hydrogen (secondary N) is 2. The normalized spacial score (nSPS) is 15.6. The van der Waals surface area contributed by atoms with Gasteiger partial charge in [-0.1, -0.05) is 0 Å². The van der Waals surface area contributed by atoms with Gasteiger partial charge in [0, 0.05) is 24.3 Å². The Balaban J connectivity index is 1.48. The highest BCUT2D eigenvalue weighted by Crippen LogP contribution is 2.26. The highest BCUT2D eigenvalue weighted by Gasteiger charge is 2.35. The van der Waals surface area contributed by atoms with Gasteiger partial charge in [0.2, 0.25) is 17.7 Å². The van der Waals surface area contributed by atoms with Crippen molar-refractivity contribution in [3.63, 3.8) is 0 Å². The predicted octanol–water partition coefficient (Wildman–Crippen LogP) is 2.20. The van der Waals surface area contributed by atoms with Crippen LogP contribution in [0.15, 0.2) is 48.5 Å². The van der Waals surface area contributed by atoms with Crippen LogP contribution in [-0.2, 0) is 14.4 Å². The Morgan fingerprint density at radius 3 is 2.37 bits per heavy atom. The number of rotatable bonds is 8. The maximum atomic E-state index is 12.4. The Kier molecular flexibility index (Phi) is 6.90. The molecule has 8 heteroatoms. The van der Waals surface area contributed by atoms with E-state index in [2.05, 4.69) is 10.6 Å². The maximum Gasteiger partial charge on any atom is 0.243 e. The average Bonchev–Trinajstić information content (AvgIpc) is 3.15. The van der Waals surface area contributed by atoms with Crippen molar-refractivity contribution in [2.45, 2.75) is 13.3 Å². The van der Waals surface area contributed by atoms with Crippen molar-refractivity contribution in [3.8, 4) is 11.5 Å². The first kappa shape index (κ1) is 21.2. The lowest BCUT2D eigenvalue weighted by Gasteiger charge is -2.17. The van der Waals surface area contributed by atoms with E-state index >= 15 is 0 Å². The zero-order valence-corrected chi connectivity index (χ0v) is 17.0. The number of anilines is 2. The summed E-state index contributed by atoms with van der Waals surface area (Å²) in [6.07, 6.45) is 0.109. The van der Waals surface area contributed by atoms with Gasteiger partial charge in [0.15, 0.2) is 0 Å². The Morgan fingerprint density at radius 1 is 1.07 bits per heavy atom. The van der Waals surface area contributed by atoms with Crippen molar-refractivity contribution in [3.05, 3.63) is 48.5 Å². The van der Waals surface area contributed by atoms with Gasteiger partial charge in [-0.25, -0.2) is 0 Å². The lowest BCUT2D eigenvalue weighted by atomic mass is 10.1. The van der Waals surface area contributed by atoms with Gasteiger partial charge in [0.1, 0.15) is 11.5 Å². The molecule has 1 atom stereocenters. The van der Waals surface area contributed by atoms with E-state index in [1.165, 1.54) is 0 Å². The lowest BCUT2D eigenvalue weighted by Crippen LogP contribution is -2.37. The van der Waals surface area contributed by atoms with Crippen LogP contribution in [0.2, 0.25) is 0 Å². The summed E-state index contributed by atoms with van der Waals surface area (Å²) in [4.78, 5) is 38.4. The minimum Gasteiger partial charge on any atom is -0.497 e. The zero-order valence-electron chi connectivity index (χ0n) is 17.0. The van der Waals surface area contributed by atoms with Crippen LogP contribution in [0, 0.1) is 5.92 Å². The van der Waals surface area contributed by atoms with Gasteiger partial charge in [0.25, 0.3) is 0 Å². The highest BCUT2D eigenvalue weighted by molar-refractivity contribution is 6.01. The second-order valence-corrected chi connectivity index (χ2v) is 6.83. The molecule has 0 saturated carbocycles. The quantitative estimate of drug-likeness (QED) is 0.694. The second kappa shape index (κ2) is 9.78. The Labute approximate surface area is 175 Å². The topological polar surface area (TPSA) is 97.0 Å². The minimum atomic E-state index is -0.502. The molecule has 30 heavy (non-hydrogen) atoms. The Morgan fingerprint density at radius 2 is 1.73 bits per heavy atom. The zero-order chi connectivity index (χ0) is 21.5. The second-order valence-electron chi connectivity index (χ2n) is 6.83. The summed E-state index contributed by atoms with van der Waals surface area (Å²) in [6.45, 7) is 2.57. The van der Waals surface area contributed by atoms with Crippen LogP contribution in [0.5, 0.6) is 11.5 Å². The van der Waals surface area contributed by atoms with Gasteiger partial charge in [0.05, 0.1) is 26.2 Å². The summed E-state index contributed by atoms with van der Waals surface area (Å²) in [5.41, 5.74) is 1.32. The number of carbonyl (C=O) groups is 3. The molecule has 1 aliphatic rings. The van der Waals surface area contributed by atoms with Crippen molar-refractivity contribution >= 4 is 29.1 Å². The number of carbonyl (C=O) groups excluding carboxylic acids is 3. The van der Waals surface area contributed by atoms with E-state index in [0.29, 0.717) is 23.7 Å². The third-order valence-electron chi connectivity index (χ3n) is 4.75. The van der Waals surface area contributed by atoms with Crippen LogP contribution in [0.3, 0.4) is 0 Å². The minimum absolute atomic E-state index is 0.109. The van der Waals surface area contributed by atoms with Crippen LogP contribution in [-0.4, -0.2) is 44.5 Å². The van der Waals surface area contributed by atoms with Crippen LogP contribution < -0.4 is 25.0 Å². The standard InChI is InChI=1S/C22H25N3O5/c1-3-30-19-8-4-16(5-9-19)24-20(26)13-23-22(28)15-12-21(27)25(14-15)17-6-10-18(29-2)11-7-17/h4-11,15H,3,12-14H2,1-2H3,(H,23,28)(H,24,26). The Bertz CT molecular complexity index is 896. The van der Waals surface area contributed by atoms with E-state index in [4.69, 9.17) is 9.47 Å². The molecule has 2 N–H and O–H groups in total. The third kappa shape index (κ3) is 5.28. The molecule has 2 aromatic carbocycles. The molecule has 1 aliphatic heterocycles. The first-order valence-electron chi connectivity index (χ1n) is 9.75. The van der Waals surface area contributed by atoms with Gasteiger partial charge in [-0.15, -0.1) is 0 Å². The fourth-order valence-electron chi connectivity index (χ4n) is 3.21. The van der Waals surface area contributed by atoms with Crippen LogP contribution in [0.1, 0.15) is 13.3 Å². The third-order valence-corrected chi connectivity index (χ3v) is 4.75. The fourth-order valence-corrected chi connectivity index (χ4v) is 3.21. The monoisotopic (exact) mass is 411 g/mol. The summed E-state index contributed by atoms with van der Waals surface area (Å²) in [7, 11) is 1.57. The van der Waals surface area contributed by atoms with Crippen molar-refractivity contribution in [2.24, 2.45) is 5.92 Å². The molecular formula is C22H25N3O5. The van der Waals surface area contributed by atoms with Crippen molar-refractivity contribution in [2.75, 3.05) is 37.0 Å². The molecule has 0 spiro atoms. The van der Waals surface area contributed by atoms with E-state index in [9.17, 15) is 14.4 Å². The summed E-state index contributed by atoms with van der Waals surface area (Å²) in [5, 5.41) is 5.33. The molecule has 1 fully saturated rings. The number of hydrogen-bond donors (Lipinski definition) is 2. The van der Waals surface area contributed by atoms with Gasteiger partial charge in [-0.05, 0) is 55.5 Å². The molecule has 2 aromatic rings.